The van der Waals surface area contributed by atoms with E-state index in [9.17, 15) is 10.5 Å². The SMILES string of the molecule is Cc1cc(-c2cc(C)c(-c3ccc4c5c(-c6ccccc6)c6c(cc7c8ccccc8c8cccc6c87)c(-c6ccc(-c7ccc(-c8c9c(cc%10c%11ccccc%11c%11cccc9c%11%10)c(-c9ccccc9)c9c%10ccc(-c%11c(C)cc(-c%12ccc(C#N)cc%12)cc%11C)c%11cccc(c89)c%11%10)cc7)cc6)c5c5cccc3c54)c(C)c2)cc(C)c1C#N. The van der Waals surface area contributed by atoms with Gasteiger partial charge < -0.3 is 0 Å². The first-order chi connectivity index (χ1) is 58.0. The number of nitriles is 2. The van der Waals surface area contributed by atoms with Gasteiger partial charge in [-0.05, 0) is 350 Å². The number of hydrogen-bond donors (Lipinski definition) is 0. The largest absolute Gasteiger partial charge is 0.192 e. The molecule has 0 heterocycles. The Bertz CT molecular complexity index is 8500. The molecular weight excluding hydrogens is 1420 g/mol. The van der Waals surface area contributed by atoms with Crippen molar-refractivity contribution in [1.82, 2.24) is 0 Å². The van der Waals surface area contributed by atoms with Crippen molar-refractivity contribution < 1.29 is 0 Å². The lowest BCUT2D eigenvalue weighted by Gasteiger charge is -2.19. The predicted octanol–water partition coefficient (Wildman–Crippen LogP) is 32.2. The van der Waals surface area contributed by atoms with Crippen molar-refractivity contribution in [2.75, 3.05) is 0 Å². The second kappa shape index (κ2) is 25.2. The highest BCUT2D eigenvalue weighted by Crippen LogP contribution is 2.59. The van der Waals surface area contributed by atoms with Gasteiger partial charge in [-0.25, -0.2) is 0 Å². The maximum Gasteiger partial charge on any atom is 0.0997 e. The van der Waals surface area contributed by atoms with Gasteiger partial charge >= 0.3 is 0 Å². The molecule has 0 aliphatic rings. The molecule has 546 valence electrons. The number of hydrogen-bond acceptors (Lipinski definition) is 2. The van der Waals surface area contributed by atoms with E-state index in [1.807, 2.05) is 26.0 Å². The third kappa shape index (κ3) is 9.43. The van der Waals surface area contributed by atoms with E-state index in [1.165, 1.54) is 240 Å². The zero-order chi connectivity index (χ0) is 78.8. The molecule has 24 aromatic rings. The molecule has 0 radical (unpaired) electrons. The molecule has 0 bridgehead atoms. The minimum absolute atomic E-state index is 0.659. The van der Waals surface area contributed by atoms with Gasteiger partial charge in [-0.15, -0.1) is 0 Å². The van der Waals surface area contributed by atoms with Crippen LogP contribution in [0.15, 0.2) is 328 Å². The minimum Gasteiger partial charge on any atom is -0.192 e. The van der Waals surface area contributed by atoms with Gasteiger partial charge in [0.15, 0.2) is 0 Å². The molecule has 0 unspecified atom stereocenters. The summed E-state index contributed by atoms with van der Waals surface area (Å²) in [6.45, 7) is 13.1. The lowest BCUT2D eigenvalue weighted by Crippen LogP contribution is -1.94. The van der Waals surface area contributed by atoms with Crippen LogP contribution in [-0.4, -0.2) is 0 Å². The first-order valence-corrected chi connectivity index (χ1v) is 41.1. The van der Waals surface area contributed by atoms with Crippen molar-refractivity contribution in [2.45, 2.75) is 41.5 Å². The molecule has 0 amide bonds. The molecule has 0 saturated heterocycles. The highest BCUT2D eigenvalue weighted by molar-refractivity contribution is 6.48. The quantitative estimate of drug-likeness (QED) is 0.135. The Hall–Kier alpha value is -15.1. The van der Waals surface area contributed by atoms with E-state index in [1.54, 1.807) is 0 Å². The Morgan fingerprint density at radius 2 is 0.441 bits per heavy atom. The summed E-state index contributed by atoms with van der Waals surface area (Å²) >= 11 is 0. The number of benzene rings is 20. The van der Waals surface area contributed by atoms with Gasteiger partial charge in [0.2, 0.25) is 0 Å². The van der Waals surface area contributed by atoms with Crippen LogP contribution in [0.3, 0.4) is 0 Å². The Labute approximate surface area is 682 Å². The summed E-state index contributed by atoms with van der Waals surface area (Å²) in [5.74, 6) is 0. The molecule has 2 nitrogen and oxygen atoms in total. The lowest BCUT2D eigenvalue weighted by atomic mass is 9.83. The average Bonchev–Trinajstić information content (AvgIpc) is 1.51. The average molecular weight is 1490 g/mol. The van der Waals surface area contributed by atoms with E-state index in [0.29, 0.717) is 5.56 Å². The fourth-order valence-electron chi connectivity index (χ4n) is 22.1. The predicted molar refractivity (Wildman–Crippen MR) is 503 cm³/mol. The van der Waals surface area contributed by atoms with Crippen molar-refractivity contribution in [3.8, 4) is 112 Å². The van der Waals surface area contributed by atoms with Gasteiger partial charge in [0.1, 0.15) is 0 Å². The first kappa shape index (κ1) is 67.4. The molecule has 0 spiro atoms. The van der Waals surface area contributed by atoms with Gasteiger partial charge in [0.25, 0.3) is 0 Å². The van der Waals surface area contributed by atoms with Gasteiger partial charge in [0.05, 0.1) is 23.3 Å². The second-order valence-corrected chi connectivity index (χ2v) is 33.2. The van der Waals surface area contributed by atoms with E-state index in [2.05, 4.69) is 355 Å². The zero-order valence-corrected chi connectivity index (χ0v) is 66.1. The normalized spacial score (nSPS) is 12.1. The highest BCUT2D eigenvalue weighted by Gasteiger charge is 2.31. The first-order valence-electron chi connectivity index (χ1n) is 41.1. The Balaban J connectivity index is 0.726. The maximum absolute atomic E-state index is 10.0. The molecule has 0 aliphatic heterocycles. The molecule has 24 rings (SSSR count). The van der Waals surface area contributed by atoms with Gasteiger partial charge in [0, 0.05) is 0 Å². The Morgan fingerprint density at radius 1 is 0.161 bits per heavy atom. The third-order valence-corrected chi connectivity index (χ3v) is 26.8. The van der Waals surface area contributed by atoms with E-state index in [0.717, 1.165) is 50.1 Å². The standard InChI is InChI=1S/C116H72N2/c1-63-53-78(54-64(2)100(63)62-118)79-57-67(5)102(68(6)58-79)89-50-52-95-107-86(89)31-19-35-92(107)113-104(99-60-97-83-28-16-14-26-81(83)84-29-17-33-90(109(84)97)111(99)105(116(95)113)74-23-11-8-12-24-74)75-45-41-70(42-46-75)71-43-47-76(48-44-71)106-112-91-34-18-30-85-80-25-13-15-27-82(80)96(110(85)91)59-98(112)103(73-21-9-7-10-22-73)114-94-51-49-88(87-32-20-36-93(108(87)94)115(106)114)101-65(3)55-77(56-66(101)4)72-39-37-69(61-117)38-40-72/h7-60H,1-6H3. The van der Waals surface area contributed by atoms with E-state index in [-0.39, 0.29) is 0 Å². The van der Waals surface area contributed by atoms with Crippen LogP contribution in [0.2, 0.25) is 0 Å². The minimum atomic E-state index is 0.659. The summed E-state index contributed by atoms with van der Waals surface area (Å²) in [7, 11) is 0. The van der Waals surface area contributed by atoms with Crippen LogP contribution in [0.5, 0.6) is 0 Å². The summed E-state index contributed by atoms with van der Waals surface area (Å²) in [6, 6.07) is 129. The maximum atomic E-state index is 10.0. The second-order valence-electron chi connectivity index (χ2n) is 33.2. The smallest absolute Gasteiger partial charge is 0.0997 e. The topological polar surface area (TPSA) is 47.6 Å². The Kier molecular flexibility index (Phi) is 14.4. The van der Waals surface area contributed by atoms with Gasteiger partial charge in [-0.3, -0.25) is 0 Å². The molecule has 0 atom stereocenters. The van der Waals surface area contributed by atoms with Crippen molar-refractivity contribution in [2.24, 2.45) is 0 Å². The molecule has 0 aliphatic carbocycles. The fourth-order valence-corrected chi connectivity index (χ4v) is 22.1. The van der Waals surface area contributed by atoms with Crippen LogP contribution in [0.25, 0.3) is 251 Å². The fraction of sp³-hybridized carbons (Fsp3) is 0.0517. The van der Waals surface area contributed by atoms with Crippen LogP contribution in [-0.2, 0) is 0 Å². The number of nitrogens with zero attached hydrogens (tertiary/aromatic N) is 2. The molecule has 24 aromatic carbocycles. The van der Waals surface area contributed by atoms with Crippen molar-refractivity contribution in [1.29, 1.82) is 10.5 Å². The summed E-state index contributed by atoms with van der Waals surface area (Å²) in [5.41, 5.74) is 29.8. The molecule has 0 fully saturated rings. The van der Waals surface area contributed by atoms with Crippen molar-refractivity contribution in [3.63, 3.8) is 0 Å². The molecule has 0 N–H and O–H groups in total. The van der Waals surface area contributed by atoms with Gasteiger partial charge in [-0.2, -0.15) is 10.5 Å². The summed E-state index contributed by atoms with van der Waals surface area (Å²) in [5, 5.41) is 55.2. The van der Waals surface area contributed by atoms with E-state index < -0.39 is 0 Å². The van der Waals surface area contributed by atoms with Crippen LogP contribution < -0.4 is 0 Å². The van der Waals surface area contributed by atoms with Crippen LogP contribution in [0.1, 0.15) is 44.5 Å². The zero-order valence-electron chi connectivity index (χ0n) is 66.1. The number of aryl methyl sites for hydroxylation is 6. The summed E-state index contributed by atoms with van der Waals surface area (Å²) < 4.78 is 0. The molecule has 0 aromatic heterocycles. The molecule has 118 heavy (non-hydrogen) atoms. The third-order valence-electron chi connectivity index (χ3n) is 26.8. The van der Waals surface area contributed by atoms with Gasteiger partial charge in [-0.1, -0.05) is 303 Å². The number of fused-ring (bicyclic) bond motifs is 16. The van der Waals surface area contributed by atoms with Crippen molar-refractivity contribution >= 4 is 151 Å². The summed E-state index contributed by atoms with van der Waals surface area (Å²) in [4.78, 5) is 0. The van der Waals surface area contributed by atoms with Crippen LogP contribution in [0.4, 0.5) is 0 Å². The van der Waals surface area contributed by atoms with Crippen molar-refractivity contribution in [3.05, 3.63) is 372 Å². The molecule has 2 heteroatoms. The van der Waals surface area contributed by atoms with E-state index >= 15 is 0 Å². The Morgan fingerprint density at radius 3 is 0.847 bits per heavy atom. The monoisotopic (exact) mass is 1490 g/mol. The van der Waals surface area contributed by atoms with Crippen LogP contribution in [0, 0.1) is 64.2 Å². The molecular formula is C116H72N2. The van der Waals surface area contributed by atoms with Crippen LogP contribution >= 0.6 is 0 Å². The molecule has 0 saturated carbocycles. The highest BCUT2D eigenvalue weighted by atomic mass is 14.3. The van der Waals surface area contributed by atoms with E-state index in [4.69, 9.17) is 0 Å². The lowest BCUT2D eigenvalue weighted by molar-refractivity contribution is 1.31. The number of rotatable bonds is 9. The summed E-state index contributed by atoms with van der Waals surface area (Å²) in [6.07, 6.45) is 0.